The van der Waals surface area contributed by atoms with Gasteiger partial charge < -0.3 is 9.64 Å². The van der Waals surface area contributed by atoms with Crippen molar-refractivity contribution in [2.24, 2.45) is 11.8 Å². The second-order valence-electron chi connectivity index (χ2n) is 6.25. The van der Waals surface area contributed by atoms with Crippen molar-refractivity contribution >= 4 is 11.9 Å². The maximum atomic E-state index is 12.3. The number of carbonyl (C=O) groups excluding carboxylic acids is 2. The van der Waals surface area contributed by atoms with Gasteiger partial charge in [-0.15, -0.1) is 0 Å². The minimum absolute atomic E-state index is 0.0159. The van der Waals surface area contributed by atoms with Crippen LogP contribution in [0, 0.1) is 11.8 Å². The van der Waals surface area contributed by atoms with Gasteiger partial charge in [0.2, 0.25) is 5.91 Å². The van der Waals surface area contributed by atoms with Crippen LogP contribution in [0.4, 0.5) is 0 Å². The topological polar surface area (TPSA) is 46.6 Å². The number of nitrogens with zero attached hydrogens (tertiary/aromatic N) is 1. The Hall–Kier alpha value is -1.84. The monoisotopic (exact) mass is 305 g/mol. The van der Waals surface area contributed by atoms with E-state index in [0.29, 0.717) is 5.92 Å². The second kappa shape index (κ2) is 8.57. The van der Waals surface area contributed by atoms with Crippen LogP contribution in [-0.2, 0) is 20.9 Å². The van der Waals surface area contributed by atoms with Gasteiger partial charge in [0.05, 0.1) is 0 Å². The number of hydrogen-bond donors (Lipinski definition) is 0. The fourth-order valence-corrected chi connectivity index (χ4v) is 2.35. The summed E-state index contributed by atoms with van der Waals surface area (Å²) in [5.41, 5.74) is 0.935. The van der Waals surface area contributed by atoms with Gasteiger partial charge in [-0.2, -0.15) is 0 Å². The molecule has 2 atom stereocenters. The Morgan fingerprint density at radius 1 is 1.09 bits per heavy atom. The maximum absolute atomic E-state index is 12.3. The maximum Gasteiger partial charge on any atom is 0.328 e. The average Bonchev–Trinajstić information content (AvgIpc) is 2.50. The molecule has 0 saturated heterocycles. The Morgan fingerprint density at radius 3 is 2.23 bits per heavy atom. The molecule has 0 aliphatic rings. The van der Waals surface area contributed by atoms with Crippen LogP contribution < -0.4 is 0 Å². The summed E-state index contributed by atoms with van der Waals surface area (Å²) in [6.45, 7) is 8.00. The van der Waals surface area contributed by atoms with Gasteiger partial charge in [0.1, 0.15) is 12.6 Å². The summed E-state index contributed by atoms with van der Waals surface area (Å²) in [7, 11) is 1.66. The van der Waals surface area contributed by atoms with Crippen molar-refractivity contribution in [1.82, 2.24) is 4.90 Å². The highest BCUT2D eigenvalue weighted by molar-refractivity contribution is 5.85. The summed E-state index contributed by atoms with van der Waals surface area (Å²) in [6.07, 6.45) is 0.814. The van der Waals surface area contributed by atoms with Crippen molar-refractivity contribution in [2.75, 3.05) is 7.05 Å². The Balaban J connectivity index is 2.52. The third-order valence-electron chi connectivity index (χ3n) is 3.74. The molecule has 0 heterocycles. The molecule has 0 fully saturated rings. The Labute approximate surface area is 133 Å². The number of amides is 1. The Morgan fingerprint density at radius 2 is 1.68 bits per heavy atom. The lowest BCUT2D eigenvalue weighted by molar-refractivity contribution is -0.155. The quantitative estimate of drug-likeness (QED) is 0.726. The lowest BCUT2D eigenvalue weighted by Gasteiger charge is -2.27. The van der Waals surface area contributed by atoms with E-state index in [9.17, 15) is 9.59 Å². The molecular formula is C18H27NO3. The van der Waals surface area contributed by atoms with Crippen molar-refractivity contribution < 1.29 is 14.3 Å². The molecule has 0 bridgehead atoms. The molecule has 22 heavy (non-hydrogen) atoms. The highest BCUT2D eigenvalue weighted by Gasteiger charge is 2.27. The molecule has 1 aromatic rings. The van der Waals surface area contributed by atoms with E-state index in [-0.39, 0.29) is 24.4 Å². The molecule has 0 aromatic heterocycles. The minimum atomic E-state index is -0.578. The molecule has 0 spiro atoms. The zero-order valence-corrected chi connectivity index (χ0v) is 14.2. The standard InChI is InChI=1S/C18H27NO3/c1-13(2)11-14(3)17(20)19(5)15(4)18(21)22-12-16-9-7-6-8-10-16/h6-10,13-15H,11-12H2,1-5H3/t14-,15-/m0/s1. The summed E-state index contributed by atoms with van der Waals surface area (Å²) in [5.74, 6) is -0.0311. The average molecular weight is 305 g/mol. The normalized spacial score (nSPS) is 13.5. The minimum Gasteiger partial charge on any atom is -0.459 e. The SMILES string of the molecule is CC(C)C[C@H](C)C(=O)N(C)[C@@H](C)C(=O)OCc1ccccc1. The molecule has 0 unspecified atom stereocenters. The van der Waals surface area contributed by atoms with Crippen LogP contribution in [0.3, 0.4) is 0 Å². The van der Waals surface area contributed by atoms with Crippen molar-refractivity contribution in [3.05, 3.63) is 35.9 Å². The van der Waals surface area contributed by atoms with Gasteiger partial charge in [-0.3, -0.25) is 4.79 Å². The molecule has 0 aliphatic heterocycles. The highest BCUT2D eigenvalue weighted by Crippen LogP contribution is 2.15. The smallest absolute Gasteiger partial charge is 0.328 e. The molecule has 0 aliphatic carbocycles. The Kier molecular flexibility index (Phi) is 7.09. The van der Waals surface area contributed by atoms with Gasteiger partial charge in [-0.05, 0) is 24.8 Å². The van der Waals surface area contributed by atoms with Crippen LogP contribution in [0.25, 0.3) is 0 Å². The number of rotatable bonds is 7. The van der Waals surface area contributed by atoms with Gasteiger partial charge in [0, 0.05) is 13.0 Å². The predicted molar refractivity (Wildman–Crippen MR) is 87.1 cm³/mol. The van der Waals surface area contributed by atoms with E-state index in [2.05, 4.69) is 13.8 Å². The fourth-order valence-electron chi connectivity index (χ4n) is 2.35. The molecule has 1 rings (SSSR count). The molecule has 4 heteroatoms. The molecule has 0 N–H and O–H groups in total. The third kappa shape index (κ3) is 5.51. The molecule has 0 radical (unpaired) electrons. The van der Waals surface area contributed by atoms with E-state index in [4.69, 9.17) is 4.74 Å². The molecular weight excluding hydrogens is 278 g/mol. The number of benzene rings is 1. The van der Waals surface area contributed by atoms with E-state index >= 15 is 0 Å². The molecule has 1 aromatic carbocycles. The molecule has 4 nitrogen and oxygen atoms in total. The summed E-state index contributed by atoms with van der Waals surface area (Å²) in [4.78, 5) is 25.9. The summed E-state index contributed by atoms with van der Waals surface area (Å²) in [5, 5.41) is 0. The zero-order valence-electron chi connectivity index (χ0n) is 14.2. The van der Waals surface area contributed by atoms with Gasteiger partial charge in [-0.1, -0.05) is 51.1 Å². The van der Waals surface area contributed by atoms with Crippen LogP contribution in [0.5, 0.6) is 0 Å². The summed E-state index contributed by atoms with van der Waals surface area (Å²) >= 11 is 0. The summed E-state index contributed by atoms with van der Waals surface area (Å²) < 4.78 is 5.29. The predicted octanol–water partition coefficient (Wildman–Crippen LogP) is 3.26. The second-order valence-corrected chi connectivity index (χ2v) is 6.25. The van der Waals surface area contributed by atoms with Crippen LogP contribution in [0.1, 0.15) is 39.7 Å². The van der Waals surface area contributed by atoms with Crippen molar-refractivity contribution in [3.63, 3.8) is 0 Å². The van der Waals surface area contributed by atoms with E-state index in [1.165, 1.54) is 4.90 Å². The van der Waals surface area contributed by atoms with Crippen LogP contribution >= 0.6 is 0 Å². The zero-order chi connectivity index (χ0) is 16.7. The Bertz CT molecular complexity index is 484. The van der Waals surface area contributed by atoms with E-state index in [0.717, 1.165) is 12.0 Å². The lowest BCUT2D eigenvalue weighted by atomic mass is 9.97. The molecule has 122 valence electrons. The van der Waals surface area contributed by atoms with Crippen molar-refractivity contribution in [1.29, 1.82) is 0 Å². The van der Waals surface area contributed by atoms with E-state index in [1.807, 2.05) is 37.3 Å². The first-order chi connectivity index (χ1) is 10.3. The van der Waals surface area contributed by atoms with Gasteiger partial charge in [0.15, 0.2) is 0 Å². The summed E-state index contributed by atoms with van der Waals surface area (Å²) in [6, 6.07) is 8.93. The first-order valence-corrected chi connectivity index (χ1v) is 7.80. The molecule has 0 saturated carbocycles. The van der Waals surface area contributed by atoms with Gasteiger partial charge in [-0.25, -0.2) is 4.79 Å². The first kappa shape index (κ1) is 18.2. The van der Waals surface area contributed by atoms with E-state index < -0.39 is 6.04 Å². The molecule has 1 amide bonds. The van der Waals surface area contributed by atoms with Crippen LogP contribution in [0.15, 0.2) is 30.3 Å². The van der Waals surface area contributed by atoms with Crippen molar-refractivity contribution in [2.45, 2.75) is 46.8 Å². The van der Waals surface area contributed by atoms with Gasteiger partial charge in [0.25, 0.3) is 0 Å². The first-order valence-electron chi connectivity index (χ1n) is 7.80. The van der Waals surface area contributed by atoms with Gasteiger partial charge >= 0.3 is 5.97 Å². The lowest BCUT2D eigenvalue weighted by Crippen LogP contribution is -2.43. The number of hydrogen-bond acceptors (Lipinski definition) is 3. The third-order valence-corrected chi connectivity index (χ3v) is 3.74. The largest absolute Gasteiger partial charge is 0.459 e. The fraction of sp³-hybridized carbons (Fsp3) is 0.556. The van der Waals surface area contributed by atoms with E-state index in [1.54, 1.807) is 14.0 Å². The number of carbonyl (C=O) groups is 2. The number of likely N-dealkylation sites (N-methyl/N-ethyl adjacent to an activating group) is 1. The number of ether oxygens (including phenoxy) is 1. The van der Waals surface area contributed by atoms with Crippen LogP contribution in [0.2, 0.25) is 0 Å². The van der Waals surface area contributed by atoms with Crippen molar-refractivity contribution in [3.8, 4) is 0 Å². The highest BCUT2D eigenvalue weighted by atomic mass is 16.5. The number of esters is 1. The van der Waals surface area contributed by atoms with Crippen LogP contribution in [-0.4, -0.2) is 29.9 Å².